The van der Waals surface area contributed by atoms with Crippen LogP contribution in [0.25, 0.3) is 22.5 Å². The van der Waals surface area contributed by atoms with Crippen molar-refractivity contribution in [1.82, 2.24) is 4.57 Å². The molecule has 0 saturated carbocycles. The summed E-state index contributed by atoms with van der Waals surface area (Å²) in [4.78, 5) is 24.0. The average Bonchev–Trinajstić information content (AvgIpc) is 2.58. The molecule has 0 aliphatic carbocycles. The number of carbonyl (C=O) groups is 1. The number of benzene rings is 2. The van der Waals surface area contributed by atoms with E-state index in [9.17, 15) is 14.7 Å². The van der Waals surface area contributed by atoms with Crippen LogP contribution in [0.5, 0.6) is 0 Å². The maximum atomic E-state index is 12.4. The summed E-state index contributed by atoms with van der Waals surface area (Å²) >= 11 is 11.8. The fourth-order valence-corrected chi connectivity index (χ4v) is 2.99. The Labute approximate surface area is 182 Å². The van der Waals surface area contributed by atoms with Crippen LogP contribution in [0, 0.1) is 0 Å². The molecule has 0 fully saturated rings. The van der Waals surface area contributed by atoms with Gasteiger partial charge in [0.05, 0.1) is 22.9 Å². The van der Waals surface area contributed by atoms with Crippen molar-refractivity contribution < 1.29 is 39.5 Å². The number of nitrogens with zero attached hydrogens (tertiary/aromatic N) is 1. The molecule has 0 unspecified atom stereocenters. The van der Waals surface area contributed by atoms with E-state index in [1.165, 1.54) is 6.07 Å². The van der Waals surface area contributed by atoms with Crippen LogP contribution < -0.4 is 40.1 Å². The zero-order chi connectivity index (χ0) is 18.1. The molecule has 0 spiro atoms. The minimum Gasteiger partial charge on any atom is -0.545 e. The van der Waals surface area contributed by atoms with Crippen LogP contribution in [0.3, 0.4) is 0 Å². The van der Waals surface area contributed by atoms with E-state index in [-0.39, 0.29) is 40.8 Å². The number of aromatic carboxylic acids is 1. The van der Waals surface area contributed by atoms with Crippen molar-refractivity contribution in [2.75, 3.05) is 0 Å². The summed E-state index contributed by atoms with van der Waals surface area (Å²) in [6, 6.07) is 14.8. The topological polar surface area (TPSA) is 62.1 Å². The molecule has 26 heavy (non-hydrogen) atoms. The molecule has 0 saturated heterocycles. The van der Waals surface area contributed by atoms with E-state index in [1.807, 2.05) is 0 Å². The van der Waals surface area contributed by atoms with Gasteiger partial charge in [0.15, 0.2) is 5.43 Å². The fourth-order valence-electron chi connectivity index (χ4n) is 2.74. The summed E-state index contributed by atoms with van der Waals surface area (Å²) in [5.41, 5.74) is 1.12. The Bertz CT molecular complexity index is 1010. The summed E-state index contributed by atoms with van der Waals surface area (Å²) in [5, 5.41) is 12.6. The molecule has 0 bridgehead atoms. The normalized spacial score (nSPS) is 10.3. The quantitative estimate of drug-likeness (QED) is 0.602. The first-order valence-electron chi connectivity index (χ1n) is 7.35. The van der Waals surface area contributed by atoms with Gasteiger partial charge in [0, 0.05) is 23.2 Å². The molecule has 126 valence electrons. The maximum Gasteiger partial charge on any atom is 1.00 e. The van der Waals surface area contributed by atoms with E-state index in [4.69, 9.17) is 23.2 Å². The number of hydrogen-bond donors (Lipinski definition) is 0. The molecule has 1 aromatic heterocycles. The van der Waals surface area contributed by atoms with Gasteiger partial charge in [-0.2, -0.15) is 0 Å². The molecule has 2 aromatic carbocycles. The SMILES string of the molecule is Cn1c(-c2ccc(Cl)cc2)cc(=O)c(C(=O)[O-])c1-c1ccc(Cl)cc1.[Na+]. The van der Waals surface area contributed by atoms with Crippen molar-refractivity contribution in [1.29, 1.82) is 0 Å². The van der Waals surface area contributed by atoms with Crippen LogP contribution in [0.15, 0.2) is 59.4 Å². The van der Waals surface area contributed by atoms with Crippen molar-refractivity contribution >= 4 is 29.2 Å². The van der Waals surface area contributed by atoms with Gasteiger partial charge in [0.2, 0.25) is 0 Å². The number of halogens is 2. The molecule has 0 aliphatic heterocycles. The Morgan fingerprint density at radius 2 is 1.38 bits per heavy atom. The van der Waals surface area contributed by atoms with Gasteiger partial charge in [-0.25, -0.2) is 0 Å². The second kappa shape index (κ2) is 8.42. The monoisotopic (exact) mass is 395 g/mol. The van der Waals surface area contributed by atoms with Crippen LogP contribution >= 0.6 is 23.2 Å². The number of carboxylic acids is 1. The molecule has 0 N–H and O–H groups in total. The predicted octanol–water partition coefficient (Wildman–Crippen LogP) is 0.394. The van der Waals surface area contributed by atoms with E-state index in [1.54, 1.807) is 60.1 Å². The van der Waals surface area contributed by atoms with E-state index in [0.717, 1.165) is 5.56 Å². The minimum atomic E-state index is -1.52. The van der Waals surface area contributed by atoms with Gasteiger partial charge in [-0.15, -0.1) is 0 Å². The Balaban J connectivity index is 0.00000243. The van der Waals surface area contributed by atoms with Crippen LogP contribution in [-0.4, -0.2) is 10.5 Å². The molecule has 1 heterocycles. The van der Waals surface area contributed by atoms with E-state index >= 15 is 0 Å². The molecular weight excluding hydrogens is 384 g/mol. The Kier molecular flexibility index (Phi) is 6.72. The first kappa shape index (κ1) is 20.7. The first-order chi connectivity index (χ1) is 11.9. The number of hydrogen-bond acceptors (Lipinski definition) is 3. The molecule has 0 radical (unpaired) electrons. The zero-order valence-corrected chi connectivity index (χ0v) is 17.6. The standard InChI is InChI=1S/C19H13Cl2NO3.Na/c1-22-15(11-2-6-13(20)7-3-11)10-16(23)17(19(24)25)18(22)12-4-8-14(21)9-5-12;/h2-10H,1H3,(H,24,25);/q;+1/p-1. The predicted molar refractivity (Wildman–Crippen MR) is 96.9 cm³/mol. The van der Waals surface area contributed by atoms with Crippen LogP contribution in [0.1, 0.15) is 10.4 Å². The molecule has 0 amide bonds. The summed E-state index contributed by atoms with van der Waals surface area (Å²) in [6.45, 7) is 0. The van der Waals surface area contributed by atoms with Gasteiger partial charge in [-0.1, -0.05) is 47.5 Å². The largest absolute Gasteiger partial charge is 1.00 e. The third-order valence-corrected chi connectivity index (χ3v) is 4.41. The minimum absolute atomic E-state index is 0. The van der Waals surface area contributed by atoms with Gasteiger partial charge in [0.1, 0.15) is 0 Å². The summed E-state index contributed by atoms with van der Waals surface area (Å²) in [7, 11) is 1.69. The third kappa shape index (κ3) is 4.05. The summed E-state index contributed by atoms with van der Waals surface area (Å²) < 4.78 is 1.65. The molecule has 0 aliphatic rings. The number of pyridine rings is 1. The van der Waals surface area contributed by atoms with Crippen molar-refractivity contribution in [2.24, 2.45) is 7.05 Å². The van der Waals surface area contributed by atoms with Gasteiger partial charge in [-0.05, 0) is 35.4 Å². The van der Waals surface area contributed by atoms with Gasteiger partial charge in [0.25, 0.3) is 0 Å². The number of rotatable bonds is 3. The summed E-state index contributed by atoms with van der Waals surface area (Å²) in [5.74, 6) is -1.52. The fraction of sp³-hybridized carbons (Fsp3) is 0.0526. The Morgan fingerprint density at radius 1 is 0.923 bits per heavy atom. The second-order valence-corrected chi connectivity index (χ2v) is 6.35. The van der Waals surface area contributed by atoms with Gasteiger partial charge in [-0.3, -0.25) is 4.79 Å². The average molecular weight is 396 g/mol. The number of aromatic nitrogens is 1. The molecule has 0 atom stereocenters. The molecule has 4 nitrogen and oxygen atoms in total. The van der Waals surface area contributed by atoms with Gasteiger partial charge < -0.3 is 14.5 Å². The van der Waals surface area contributed by atoms with Crippen LogP contribution in [0.2, 0.25) is 10.0 Å². The van der Waals surface area contributed by atoms with E-state index in [2.05, 4.69) is 0 Å². The molecule has 3 aromatic rings. The summed E-state index contributed by atoms with van der Waals surface area (Å²) in [6.07, 6.45) is 0. The molecular formula is C19H12Cl2NNaO3. The van der Waals surface area contributed by atoms with Crippen LogP contribution in [-0.2, 0) is 7.05 Å². The van der Waals surface area contributed by atoms with Crippen molar-refractivity contribution in [2.45, 2.75) is 0 Å². The van der Waals surface area contributed by atoms with Crippen LogP contribution in [0.4, 0.5) is 0 Å². The zero-order valence-electron chi connectivity index (χ0n) is 14.1. The third-order valence-electron chi connectivity index (χ3n) is 3.91. The smallest absolute Gasteiger partial charge is 0.545 e. The van der Waals surface area contributed by atoms with Crippen molar-refractivity contribution in [3.05, 3.63) is 80.4 Å². The second-order valence-electron chi connectivity index (χ2n) is 5.48. The number of carboxylic acid groups (broad SMARTS) is 1. The van der Waals surface area contributed by atoms with E-state index < -0.39 is 11.4 Å². The molecule has 7 heteroatoms. The van der Waals surface area contributed by atoms with Crippen molar-refractivity contribution in [3.8, 4) is 22.5 Å². The Morgan fingerprint density at radius 3 is 1.85 bits per heavy atom. The maximum absolute atomic E-state index is 12.4. The van der Waals surface area contributed by atoms with Gasteiger partial charge >= 0.3 is 29.6 Å². The molecule has 3 rings (SSSR count). The number of carbonyl (C=O) groups excluding carboxylic acids is 1. The van der Waals surface area contributed by atoms with Crippen molar-refractivity contribution in [3.63, 3.8) is 0 Å². The first-order valence-corrected chi connectivity index (χ1v) is 8.11. The van der Waals surface area contributed by atoms with E-state index in [0.29, 0.717) is 21.3 Å². The Hall–Kier alpha value is -1.56.